The minimum atomic E-state index is -0.272. The number of hydrogen-bond donors (Lipinski definition) is 1. The second-order valence-electron chi connectivity index (χ2n) is 5.47. The molecule has 0 radical (unpaired) electrons. The van der Waals surface area contributed by atoms with Crippen molar-refractivity contribution in [2.75, 3.05) is 18.5 Å². The Hall–Kier alpha value is -2.53. The summed E-state index contributed by atoms with van der Waals surface area (Å²) in [5.74, 6) is 0.276. The summed E-state index contributed by atoms with van der Waals surface area (Å²) in [5, 5.41) is 3.35. The topological polar surface area (TPSA) is 58.6 Å². The number of benzene rings is 2. The Labute approximate surface area is 152 Å². The number of carbonyl (C=O) groups excluding carboxylic acids is 2. The number of amides is 2. The molecule has 2 aromatic rings. The summed E-state index contributed by atoms with van der Waals surface area (Å²) < 4.78 is 5.36. The first-order valence-corrected chi connectivity index (χ1v) is 8.39. The van der Waals surface area contributed by atoms with E-state index in [4.69, 9.17) is 16.3 Å². The zero-order valence-corrected chi connectivity index (χ0v) is 15.0. The summed E-state index contributed by atoms with van der Waals surface area (Å²) in [7, 11) is 0. The molecule has 0 aliphatic heterocycles. The summed E-state index contributed by atoms with van der Waals surface area (Å²) in [6, 6.07) is 14.3. The summed E-state index contributed by atoms with van der Waals surface area (Å²) >= 11 is 6.13. The standard InChI is InChI=1S/C19H21ClN2O3/c1-3-25-17-10-8-16(9-11-17)21-19(24)13-22(14(2)23)12-15-6-4-5-7-18(15)20/h4-11H,3,12-13H2,1-2H3,(H,21,24). The Bertz CT molecular complexity index is 732. The van der Waals surface area contributed by atoms with Crippen molar-refractivity contribution in [3.8, 4) is 5.75 Å². The van der Waals surface area contributed by atoms with Gasteiger partial charge in [0.1, 0.15) is 12.3 Å². The van der Waals surface area contributed by atoms with E-state index >= 15 is 0 Å². The molecule has 0 saturated carbocycles. The van der Waals surface area contributed by atoms with Crippen molar-refractivity contribution in [1.29, 1.82) is 0 Å². The lowest BCUT2D eigenvalue weighted by Crippen LogP contribution is -2.36. The fourth-order valence-corrected chi connectivity index (χ4v) is 2.48. The van der Waals surface area contributed by atoms with Gasteiger partial charge in [0.15, 0.2) is 0 Å². The van der Waals surface area contributed by atoms with Crippen LogP contribution in [0.15, 0.2) is 48.5 Å². The van der Waals surface area contributed by atoms with Gasteiger partial charge in [-0.25, -0.2) is 0 Å². The van der Waals surface area contributed by atoms with Gasteiger partial charge >= 0.3 is 0 Å². The Morgan fingerprint density at radius 3 is 2.40 bits per heavy atom. The van der Waals surface area contributed by atoms with Crippen molar-refractivity contribution in [2.24, 2.45) is 0 Å². The highest BCUT2D eigenvalue weighted by Gasteiger charge is 2.15. The highest BCUT2D eigenvalue weighted by Crippen LogP contribution is 2.18. The molecule has 2 amide bonds. The van der Waals surface area contributed by atoms with Crippen molar-refractivity contribution < 1.29 is 14.3 Å². The molecule has 25 heavy (non-hydrogen) atoms. The maximum absolute atomic E-state index is 12.2. The zero-order chi connectivity index (χ0) is 18.2. The lowest BCUT2D eigenvalue weighted by Gasteiger charge is -2.21. The van der Waals surface area contributed by atoms with E-state index in [2.05, 4.69) is 5.32 Å². The van der Waals surface area contributed by atoms with Crippen LogP contribution in [-0.2, 0) is 16.1 Å². The van der Waals surface area contributed by atoms with Gasteiger partial charge in [-0.05, 0) is 42.8 Å². The largest absolute Gasteiger partial charge is 0.494 e. The molecule has 0 spiro atoms. The number of nitrogens with one attached hydrogen (secondary N) is 1. The second kappa shape index (κ2) is 9.08. The summed E-state index contributed by atoms with van der Waals surface area (Å²) in [6.07, 6.45) is 0. The van der Waals surface area contributed by atoms with Crippen LogP contribution in [0.4, 0.5) is 5.69 Å². The zero-order valence-electron chi connectivity index (χ0n) is 14.3. The van der Waals surface area contributed by atoms with Gasteiger partial charge in [0.25, 0.3) is 0 Å². The van der Waals surface area contributed by atoms with Crippen LogP contribution < -0.4 is 10.1 Å². The minimum Gasteiger partial charge on any atom is -0.494 e. The molecule has 0 saturated heterocycles. The monoisotopic (exact) mass is 360 g/mol. The molecule has 6 heteroatoms. The number of halogens is 1. The lowest BCUT2D eigenvalue weighted by molar-refractivity contribution is -0.133. The quantitative estimate of drug-likeness (QED) is 0.818. The molecular weight excluding hydrogens is 340 g/mol. The molecular formula is C19H21ClN2O3. The molecule has 2 aromatic carbocycles. The third kappa shape index (κ3) is 5.80. The number of carbonyl (C=O) groups is 2. The molecule has 2 rings (SSSR count). The lowest BCUT2D eigenvalue weighted by atomic mass is 10.2. The van der Waals surface area contributed by atoms with E-state index in [9.17, 15) is 9.59 Å². The van der Waals surface area contributed by atoms with Gasteiger partial charge in [-0.2, -0.15) is 0 Å². The molecule has 0 aromatic heterocycles. The Kier molecular flexibility index (Phi) is 6.83. The number of anilines is 1. The Balaban J connectivity index is 1.98. The van der Waals surface area contributed by atoms with Crippen molar-refractivity contribution in [3.63, 3.8) is 0 Å². The summed E-state index contributed by atoms with van der Waals surface area (Å²) in [4.78, 5) is 25.5. The summed E-state index contributed by atoms with van der Waals surface area (Å²) in [5.41, 5.74) is 1.45. The Morgan fingerprint density at radius 2 is 1.80 bits per heavy atom. The molecule has 0 fully saturated rings. The molecule has 0 bridgehead atoms. The van der Waals surface area contributed by atoms with E-state index < -0.39 is 0 Å². The van der Waals surface area contributed by atoms with Crippen LogP contribution in [0.1, 0.15) is 19.4 Å². The molecule has 1 N–H and O–H groups in total. The Morgan fingerprint density at radius 1 is 1.12 bits per heavy atom. The SMILES string of the molecule is CCOc1ccc(NC(=O)CN(Cc2ccccc2Cl)C(C)=O)cc1. The minimum absolute atomic E-state index is 0.0478. The van der Waals surface area contributed by atoms with Crippen molar-refractivity contribution in [3.05, 3.63) is 59.1 Å². The maximum Gasteiger partial charge on any atom is 0.244 e. The molecule has 0 unspecified atom stereocenters. The first-order valence-electron chi connectivity index (χ1n) is 8.01. The van der Waals surface area contributed by atoms with Gasteiger partial charge in [0.05, 0.1) is 6.61 Å². The van der Waals surface area contributed by atoms with Crippen molar-refractivity contribution in [2.45, 2.75) is 20.4 Å². The molecule has 0 heterocycles. The highest BCUT2D eigenvalue weighted by atomic mass is 35.5. The van der Waals surface area contributed by atoms with Crippen molar-refractivity contribution in [1.82, 2.24) is 4.90 Å². The third-order valence-corrected chi connectivity index (χ3v) is 3.92. The molecule has 132 valence electrons. The predicted octanol–water partition coefficient (Wildman–Crippen LogP) is 3.73. The van der Waals surface area contributed by atoms with Gasteiger partial charge in [0, 0.05) is 24.2 Å². The van der Waals surface area contributed by atoms with E-state index in [1.54, 1.807) is 30.3 Å². The van der Waals surface area contributed by atoms with Crippen LogP contribution in [0.25, 0.3) is 0 Å². The smallest absolute Gasteiger partial charge is 0.244 e. The molecule has 0 aliphatic carbocycles. The number of rotatable bonds is 7. The van der Waals surface area contributed by atoms with E-state index in [-0.39, 0.29) is 24.9 Å². The van der Waals surface area contributed by atoms with Crippen LogP contribution in [0.5, 0.6) is 5.75 Å². The van der Waals surface area contributed by atoms with Gasteiger partial charge in [-0.3, -0.25) is 9.59 Å². The predicted molar refractivity (Wildman–Crippen MR) is 98.8 cm³/mol. The third-order valence-electron chi connectivity index (χ3n) is 3.55. The van der Waals surface area contributed by atoms with E-state index in [1.165, 1.54) is 11.8 Å². The van der Waals surface area contributed by atoms with E-state index in [0.717, 1.165) is 11.3 Å². The van der Waals surface area contributed by atoms with Gasteiger partial charge < -0.3 is 15.0 Å². The summed E-state index contributed by atoms with van der Waals surface area (Å²) in [6.45, 7) is 4.16. The number of ether oxygens (including phenoxy) is 1. The normalized spacial score (nSPS) is 10.2. The average molecular weight is 361 g/mol. The van der Waals surface area contributed by atoms with Crippen LogP contribution in [0, 0.1) is 0 Å². The van der Waals surface area contributed by atoms with Crippen LogP contribution >= 0.6 is 11.6 Å². The van der Waals surface area contributed by atoms with Gasteiger partial charge in [0.2, 0.25) is 11.8 Å². The first-order chi connectivity index (χ1) is 12.0. The molecule has 0 aliphatic rings. The fraction of sp³-hybridized carbons (Fsp3) is 0.263. The number of hydrogen-bond acceptors (Lipinski definition) is 3. The number of nitrogens with zero attached hydrogens (tertiary/aromatic N) is 1. The van der Waals surface area contributed by atoms with Crippen LogP contribution in [0.3, 0.4) is 0 Å². The van der Waals surface area contributed by atoms with Gasteiger partial charge in [-0.15, -0.1) is 0 Å². The average Bonchev–Trinajstić information content (AvgIpc) is 2.58. The van der Waals surface area contributed by atoms with Crippen LogP contribution in [-0.4, -0.2) is 29.9 Å². The highest BCUT2D eigenvalue weighted by molar-refractivity contribution is 6.31. The van der Waals surface area contributed by atoms with E-state index in [0.29, 0.717) is 17.3 Å². The van der Waals surface area contributed by atoms with Crippen molar-refractivity contribution >= 4 is 29.1 Å². The fourth-order valence-electron chi connectivity index (χ4n) is 2.29. The second-order valence-corrected chi connectivity index (χ2v) is 5.88. The van der Waals surface area contributed by atoms with Gasteiger partial charge in [-0.1, -0.05) is 29.8 Å². The first kappa shape index (κ1) is 18.8. The van der Waals surface area contributed by atoms with Crippen LogP contribution in [0.2, 0.25) is 5.02 Å². The molecule has 0 atom stereocenters. The maximum atomic E-state index is 12.2. The van der Waals surface area contributed by atoms with E-state index in [1.807, 2.05) is 25.1 Å². The molecule has 5 nitrogen and oxygen atoms in total.